The van der Waals surface area contributed by atoms with Crippen LogP contribution in [0.15, 0.2) is 36.7 Å². The quantitative estimate of drug-likeness (QED) is 0.727. The normalized spacial score (nSPS) is 11.4. The molecule has 8 nitrogen and oxygen atoms in total. The number of nitrogens with one attached hydrogen (secondary N) is 2. The number of aromatic nitrogens is 2. The standard InChI is InChI=1S/C17H19N3O5/c1-3-25-17(23)14-13(18-10-19-14)15(21)20-12(16(22)24-2)9-11-7-5-4-6-8-11/h4-8,10,12H,3,9H2,1-2H3,(H,18,19)(H,20,21)/t12-/m0/s1. The van der Waals surface area contributed by atoms with E-state index in [1.165, 1.54) is 13.4 Å². The minimum absolute atomic E-state index is 0.0670. The molecule has 1 atom stereocenters. The smallest absolute Gasteiger partial charge is 0.357 e. The number of H-pyrrole nitrogens is 1. The molecule has 2 rings (SSSR count). The van der Waals surface area contributed by atoms with Crippen molar-refractivity contribution in [2.45, 2.75) is 19.4 Å². The van der Waals surface area contributed by atoms with Gasteiger partial charge in [0.25, 0.3) is 5.91 Å². The second-order valence-corrected chi connectivity index (χ2v) is 5.09. The number of carbonyl (C=O) groups excluding carboxylic acids is 3. The summed E-state index contributed by atoms with van der Waals surface area (Å²) < 4.78 is 9.61. The molecule has 0 spiro atoms. The maximum Gasteiger partial charge on any atom is 0.357 e. The summed E-state index contributed by atoms with van der Waals surface area (Å²) in [5.74, 6) is -1.95. The Labute approximate surface area is 144 Å². The van der Waals surface area contributed by atoms with Crippen LogP contribution < -0.4 is 5.32 Å². The van der Waals surface area contributed by atoms with Gasteiger partial charge in [-0.05, 0) is 12.5 Å². The summed E-state index contributed by atoms with van der Waals surface area (Å²) in [6.45, 7) is 1.82. The van der Waals surface area contributed by atoms with E-state index in [-0.39, 0.29) is 24.4 Å². The highest BCUT2D eigenvalue weighted by Crippen LogP contribution is 2.08. The number of nitrogens with zero attached hydrogens (tertiary/aromatic N) is 1. The lowest BCUT2D eigenvalue weighted by atomic mass is 10.1. The maximum absolute atomic E-state index is 12.4. The van der Waals surface area contributed by atoms with Crippen molar-refractivity contribution < 1.29 is 23.9 Å². The molecule has 0 fully saturated rings. The van der Waals surface area contributed by atoms with Crippen LogP contribution in [0.2, 0.25) is 0 Å². The van der Waals surface area contributed by atoms with Crippen molar-refractivity contribution in [3.63, 3.8) is 0 Å². The minimum atomic E-state index is -0.911. The number of carbonyl (C=O) groups is 3. The zero-order valence-corrected chi connectivity index (χ0v) is 13.9. The highest BCUT2D eigenvalue weighted by molar-refractivity contribution is 6.03. The topological polar surface area (TPSA) is 110 Å². The highest BCUT2D eigenvalue weighted by atomic mass is 16.5. The van der Waals surface area contributed by atoms with Crippen LogP contribution in [0.3, 0.4) is 0 Å². The van der Waals surface area contributed by atoms with Gasteiger partial charge in [0, 0.05) is 6.42 Å². The van der Waals surface area contributed by atoms with Crippen LogP contribution >= 0.6 is 0 Å². The minimum Gasteiger partial charge on any atom is -0.467 e. The Morgan fingerprint density at radius 2 is 1.96 bits per heavy atom. The average Bonchev–Trinajstić information content (AvgIpc) is 3.11. The monoisotopic (exact) mass is 345 g/mol. The van der Waals surface area contributed by atoms with Gasteiger partial charge in [-0.15, -0.1) is 0 Å². The van der Waals surface area contributed by atoms with Crippen LogP contribution in [-0.2, 0) is 20.7 Å². The van der Waals surface area contributed by atoms with Gasteiger partial charge in [-0.3, -0.25) is 4.79 Å². The molecule has 0 aliphatic rings. The first kappa shape index (κ1) is 18.2. The van der Waals surface area contributed by atoms with Gasteiger partial charge in [0.15, 0.2) is 11.4 Å². The van der Waals surface area contributed by atoms with Crippen molar-refractivity contribution in [3.05, 3.63) is 53.6 Å². The van der Waals surface area contributed by atoms with Gasteiger partial charge in [0.05, 0.1) is 20.0 Å². The molecule has 1 heterocycles. The van der Waals surface area contributed by atoms with E-state index >= 15 is 0 Å². The number of hydrogen-bond acceptors (Lipinski definition) is 6. The van der Waals surface area contributed by atoms with Gasteiger partial charge in [0.1, 0.15) is 6.04 Å². The molecule has 0 bridgehead atoms. The molecule has 8 heteroatoms. The van der Waals surface area contributed by atoms with Gasteiger partial charge in [0.2, 0.25) is 0 Å². The van der Waals surface area contributed by atoms with E-state index in [1.54, 1.807) is 6.92 Å². The first-order valence-electron chi connectivity index (χ1n) is 7.69. The van der Waals surface area contributed by atoms with Crippen LogP contribution in [0, 0.1) is 0 Å². The zero-order valence-electron chi connectivity index (χ0n) is 13.9. The van der Waals surface area contributed by atoms with Crippen molar-refractivity contribution in [3.8, 4) is 0 Å². The number of ether oxygens (including phenoxy) is 2. The van der Waals surface area contributed by atoms with E-state index in [0.29, 0.717) is 0 Å². The Bertz CT molecular complexity index is 742. The molecule has 1 aromatic carbocycles. The summed E-state index contributed by atoms with van der Waals surface area (Å²) in [5.41, 5.74) is 0.647. The van der Waals surface area contributed by atoms with Gasteiger partial charge in [-0.2, -0.15) is 0 Å². The second kappa shape index (κ2) is 8.62. The molecule has 1 aromatic heterocycles. The van der Waals surface area contributed by atoms with Gasteiger partial charge >= 0.3 is 11.9 Å². The van der Waals surface area contributed by atoms with Crippen molar-refractivity contribution in [1.29, 1.82) is 0 Å². The summed E-state index contributed by atoms with van der Waals surface area (Å²) >= 11 is 0. The highest BCUT2D eigenvalue weighted by Gasteiger charge is 2.27. The summed E-state index contributed by atoms with van der Waals surface area (Å²) in [6, 6.07) is 8.27. The van der Waals surface area contributed by atoms with Crippen molar-refractivity contribution >= 4 is 17.8 Å². The summed E-state index contributed by atoms with van der Waals surface area (Å²) in [7, 11) is 1.24. The van der Waals surface area contributed by atoms with Crippen LogP contribution in [0.1, 0.15) is 33.5 Å². The number of imidazole rings is 1. The number of esters is 2. The molecule has 0 radical (unpaired) electrons. The molecule has 25 heavy (non-hydrogen) atoms. The molecular formula is C17H19N3O5. The summed E-state index contributed by atoms with van der Waals surface area (Å²) in [5, 5.41) is 2.55. The lowest BCUT2D eigenvalue weighted by molar-refractivity contribution is -0.142. The van der Waals surface area contributed by atoms with Gasteiger partial charge in [-0.1, -0.05) is 30.3 Å². The van der Waals surface area contributed by atoms with Crippen molar-refractivity contribution in [2.75, 3.05) is 13.7 Å². The Morgan fingerprint density at radius 3 is 2.60 bits per heavy atom. The molecule has 132 valence electrons. The first-order chi connectivity index (χ1) is 12.1. The first-order valence-corrected chi connectivity index (χ1v) is 7.69. The largest absolute Gasteiger partial charge is 0.467 e. The van der Waals surface area contributed by atoms with Crippen LogP contribution in [0.25, 0.3) is 0 Å². The molecule has 2 N–H and O–H groups in total. The van der Waals surface area contributed by atoms with Crippen LogP contribution in [-0.4, -0.2) is 47.6 Å². The maximum atomic E-state index is 12.4. The lowest BCUT2D eigenvalue weighted by Crippen LogP contribution is -2.43. The molecule has 0 unspecified atom stereocenters. The zero-order chi connectivity index (χ0) is 18.2. The number of rotatable bonds is 7. The fraction of sp³-hybridized carbons (Fsp3) is 0.294. The Kier molecular flexibility index (Phi) is 6.27. The number of benzene rings is 1. The fourth-order valence-electron chi connectivity index (χ4n) is 2.24. The third-order valence-electron chi connectivity index (χ3n) is 3.41. The second-order valence-electron chi connectivity index (χ2n) is 5.09. The van der Waals surface area contributed by atoms with E-state index in [0.717, 1.165) is 5.56 Å². The summed E-state index contributed by atoms with van der Waals surface area (Å²) in [6.07, 6.45) is 1.46. The Hall–Kier alpha value is -3.16. The third kappa shape index (κ3) is 4.66. The van der Waals surface area contributed by atoms with E-state index < -0.39 is 23.9 Å². The summed E-state index contributed by atoms with van der Waals surface area (Å²) in [4.78, 5) is 42.7. The molecular weight excluding hydrogens is 326 g/mol. The van der Waals surface area contributed by atoms with Crippen LogP contribution in [0.5, 0.6) is 0 Å². The number of methoxy groups -OCH3 is 1. The fourth-order valence-corrected chi connectivity index (χ4v) is 2.24. The third-order valence-corrected chi connectivity index (χ3v) is 3.41. The van der Waals surface area contributed by atoms with E-state index in [9.17, 15) is 14.4 Å². The van der Waals surface area contributed by atoms with Crippen molar-refractivity contribution in [2.24, 2.45) is 0 Å². The Morgan fingerprint density at radius 1 is 1.24 bits per heavy atom. The number of hydrogen-bond donors (Lipinski definition) is 2. The van der Waals surface area contributed by atoms with E-state index in [1.807, 2.05) is 30.3 Å². The average molecular weight is 345 g/mol. The Balaban J connectivity index is 2.16. The molecule has 0 aliphatic heterocycles. The van der Waals surface area contributed by atoms with Crippen LogP contribution in [0.4, 0.5) is 0 Å². The predicted octanol–water partition coefficient (Wildman–Crippen LogP) is 1.10. The SMILES string of the molecule is CCOC(=O)c1[nH]cnc1C(=O)N[C@@H](Cc1ccccc1)C(=O)OC. The molecule has 1 amide bonds. The van der Waals surface area contributed by atoms with Crippen molar-refractivity contribution in [1.82, 2.24) is 15.3 Å². The van der Waals surface area contributed by atoms with Gasteiger partial charge < -0.3 is 19.8 Å². The van der Waals surface area contributed by atoms with E-state index in [4.69, 9.17) is 9.47 Å². The predicted molar refractivity (Wildman–Crippen MR) is 88.0 cm³/mol. The number of amides is 1. The molecule has 2 aromatic rings. The molecule has 0 saturated carbocycles. The number of aromatic amines is 1. The van der Waals surface area contributed by atoms with E-state index in [2.05, 4.69) is 15.3 Å². The molecule has 0 saturated heterocycles. The lowest BCUT2D eigenvalue weighted by Gasteiger charge is -2.16. The van der Waals surface area contributed by atoms with Gasteiger partial charge in [-0.25, -0.2) is 14.6 Å². The molecule has 0 aliphatic carbocycles.